The van der Waals surface area contributed by atoms with E-state index < -0.39 is 5.41 Å². The number of aromatic nitrogens is 2. The fourth-order valence-corrected chi connectivity index (χ4v) is 4.28. The number of methoxy groups -OCH3 is 1. The highest BCUT2D eigenvalue weighted by Crippen LogP contribution is 2.37. The lowest BCUT2D eigenvalue weighted by atomic mass is 9.81. The van der Waals surface area contributed by atoms with Crippen LogP contribution in [0, 0.1) is 19.3 Å². The predicted octanol–water partition coefficient (Wildman–Crippen LogP) is 4.26. The van der Waals surface area contributed by atoms with Crippen molar-refractivity contribution in [2.75, 3.05) is 18.6 Å². The van der Waals surface area contributed by atoms with Crippen LogP contribution in [0.5, 0.6) is 0 Å². The third-order valence-corrected chi connectivity index (χ3v) is 6.10. The Morgan fingerprint density at radius 2 is 1.87 bits per heavy atom. The molecule has 1 aliphatic heterocycles. The van der Waals surface area contributed by atoms with Crippen molar-refractivity contribution in [3.8, 4) is 5.69 Å². The number of fused-ring (bicyclic) bond motifs is 1. The fraction of sp³-hybridized carbons (Fsp3) is 0.320. The van der Waals surface area contributed by atoms with Gasteiger partial charge < -0.3 is 9.64 Å². The maximum atomic E-state index is 13.6. The zero-order valence-electron chi connectivity index (χ0n) is 18.4. The second-order valence-corrected chi connectivity index (χ2v) is 8.47. The molecular weight excluding hydrogens is 390 g/mol. The highest BCUT2D eigenvalue weighted by atomic mass is 16.5. The first-order valence-electron chi connectivity index (χ1n) is 10.4. The molecule has 0 fully saturated rings. The van der Waals surface area contributed by atoms with E-state index in [0.29, 0.717) is 24.9 Å². The van der Waals surface area contributed by atoms with E-state index in [1.54, 1.807) is 9.58 Å². The van der Waals surface area contributed by atoms with Crippen LogP contribution in [0.4, 0.5) is 5.69 Å². The van der Waals surface area contributed by atoms with Gasteiger partial charge in [0, 0.05) is 24.0 Å². The summed E-state index contributed by atoms with van der Waals surface area (Å²) in [5.41, 5.74) is 4.53. The van der Waals surface area contributed by atoms with E-state index >= 15 is 0 Å². The van der Waals surface area contributed by atoms with Crippen molar-refractivity contribution in [3.63, 3.8) is 0 Å². The molecule has 6 nitrogen and oxygen atoms in total. The summed E-state index contributed by atoms with van der Waals surface area (Å²) in [6, 6.07) is 15.5. The van der Waals surface area contributed by atoms with Gasteiger partial charge in [-0.05, 0) is 75.1 Å². The fourth-order valence-electron chi connectivity index (χ4n) is 4.28. The number of rotatable bonds is 3. The average molecular weight is 418 g/mol. The highest BCUT2D eigenvalue weighted by molar-refractivity contribution is 6.07. The van der Waals surface area contributed by atoms with Crippen molar-refractivity contribution < 1.29 is 14.3 Å². The molecule has 0 aliphatic carbocycles. The molecule has 6 heteroatoms. The van der Waals surface area contributed by atoms with Crippen molar-refractivity contribution in [1.82, 2.24) is 9.78 Å². The number of carbonyl (C=O) groups is 2. The zero-order valence-corrected chi connectivity index (χ0v) is 18.4. The van der Waals surface area contributed by atoms with Gasteiger partial charge in [0.05, 0.1) is 23.9 Å². The molecule has 2 heterocycles. The number of anilines is 1. The average Bonchev–Trinajstić information content (AvgIpc) is 3.13. The molecule has 1 aliphatic rings. The molecule has 1 atom stereocenters. The lowest BCUT2D eigenvalue weighted by Gasteiger charge is -2.26. The summed E-state index contributed by atoms with van der Waals surface area (Å²) in [6.45, 7) is 6.24. The first kappa shape index (κ1) is 20.8. The Bertz CT molecular complexity index is 1150. The molecule has 3 aromatic rings. The molecule has 1 amide bonds. The molecule has 160 valence electrons. The van der Waals surface area contributed by atoms with E-state index in [0.717, 1.165) is 28.2 Å². The Balaban J connectivity index is 1.69. The highest BCUT2D eigenvalue weighted by Gasteiger charge is 2.39. The minimum absolute atomic E-state index is 0.0674. The largest absolute Gasteiger partial charge is 0.469 e. The van der Waals surface area contributed by atoms with Crippen molar-refractivity contribution >= 4 is 17.6 Å². The summed E-state index contributed by atoms with van der Waals surface area (Å²) in [4.78, 5) is 27.9. The SMILES string of the molecule is COC(=O)C1(C)CCN(C(=O)c2ccc(-n3ccc(C)n3)cc2C)c2ccccc2C1. The van der Waals surface area contributed by atoms with Crippen molar-refractivity contribution in [2.24, 2.45) is 5.41 Å². The Morgan fingerprint density at radius 3 is 2.55 bits per heavy atom. The van der Waals surface area contributed by atoms with Gasteiger partial charge in [0.2, 0.25) is 0 Å². The molecule has 0 saturated heterocycles. The number of hydrogen-bond acceptors (Lipinski definition) is 4. The normalized spacial score (nSPS) is 18.3. The van der Waals surface area contributed by atoms with Gasteiger partial charge in [0.15, 0.2) is 0 Å². The van der Waals surface area contributed by atoms with Gasteiger partial charge in [-0.1, -0.05) is 18.2 Å². The van der Waals surface area contributed by atoms with E-state index in [1.807, 2.05) is 75.5 Å². The summed E-state index contributed by atoms with van der Waals surface area (Å²) >= 11 is 0. The first-order chi connectivity index (χ1) is 14.8. The van der Waals surface area contributed by atoms with E-state index in [2.05, 4.69) is 5.10 Å². The maximum absolute atomic E-state index is 13.6. The van der Waals surface area contributed by atoms with Crippen LogP contribution < -0.4 is 4.90 Å². The maximum Gasteiger partial charge on any atom is 0.311 e. The van der Waals surface area contributed by atoms with Crippen LogP contribution in [0.2, 0.25) is 0 Å². The lowest BCUT2D eigenvalue weighted by Crippen LogP contribution is -2.36. The van der Waals surface area contributed by atoms with E-state index in [1.165, 1.54) is 7.11 Å². The third kappa shape index (κ3) is 3.85. The Labute approximate surface area is 182 Å². The number of nitrogens with zero attached hydrogens (tertiary/aromatic N) is 3. The van der Waals surface area contributed by atoms with Gasteiger partial charge in [0.25, 0.3) is 5.91 Å². The van der Waals surface area contributed by atoms with Gasteiger partial charge in [-0.3, -0.25) is 9.59 Å². The molecule has 0 N–H and O–H groups in total. The molecular formula is C25H27N3O3. The van der Waals surface area contributed by atoms with Gasteiger partial charge in [0.1, 0.15) is 0 Å². The van der Waals surface area contributed by atoms with Crippen LogP contribution in [0.15, 0.2) is 54.7 Å². The van der Waals surface area contributed by atoms with Gasteiger partial charge >= 0.3 is 5.97 Å². The monoisotopic (exact) mass is 417 g/mol. The Morgan fingerprint density at radius 1 is 1.10 bits per heavy atom. The lowest BCUT2D eigenvalue weighted by molar-refractivity contribution is -0.152. The van der Waals surface area contributed by atoms with Gasteiger partial charge in [-0.15, -0.1) is 0 Å². The minimum Gasteiger partial charge on any atom is -0.469 e. The predicted molar refractivity (Wildman–Crippen MR) is 120 cm³/mol. The summed E-state index contributed by atoms with van der Waals surface area (Å²) in [6.07, 6.45) is 2.98. The van der Waals surface area contributed by atoms with Gasteiger partial charge in [-0.25, -0.2) is 4.68 Å². The molecule has 0 saturated carbocycles. The number of ether oxygens (including phenoxy) is 1. The number of carbonyl (C=O) groups excluding carboxylic acids is 2. The smallest absolute Gasteiger partial charge is 0.311 e. The molecule has 0 bridgehead atoms. The number of hydrogen-bond donors (Lipinski definition) is 0. The van der Waals surface area contributed by atoms with Crippen LogP contribution in [0.1, 0.15) is 40.5 Å². The second kappa shape index (κ2) is 8.02. The molecule has 1 unspecified atom stereocenters. The second-order valence-electron chi connectivity index (χ2n) is 8.47. The number of amides is 1. The van der Waals surface area contributed by atoms with Crippen LogP contribution in [-0.4, -0.2) is 35.3 Å². The number of para-hydroxylation sites is 1. The number of esters is 1. The van der Waals surface area contributed by atoms with E-state index in [9.17, 15) is 9.59 Å². The Kier molecular flexibility index (Phi) is 5.39. The molecule has 0 spiro atoms. The first-order valence-corrected chi connectivity index (χ1v) is 10.4. The zero-order chi connectivity index (χ0) is 22.2. The summed E-state index contributed by atoms with van der Waals surface area (Å²) < 4.78 is 6.87. The van der Waals surface area contributed by atoms with Crippen molar-refractivity contribution in [3.05, 3.63) is 77.1 Å². The summed E-state index contributed by atoms with van der Waals surface area (Å²) in [5, 5.41) is 4.45. The van der Waals surface area contributed by atoms with Crippen LogP contribution >= 0.6 is 0 Å². The molecule has 2 aromatic carbocycles. The van der Waals surface area contributed by atoms with E-state index in [4.69, 9.17) is 4.74 Å². The van der Waals surface area contributed by atoms with Crippen LogP contribution in [0.3, 0.4) is 0 Å². The molecule has 0 radical (unpaired) electrons. The third-order valence-electron chi connectivity index (χ3n) is 6.10. The molecule has 1 aromatic heterocycles. The summed E-state index contributed by atoms with van der Waals surface area (Å²) in [7, 11) is 1.42. The van der Waals surface area contributed by atoms with Crippen LogP contribution in [0.25, 0.3) is 5.69 Å². The Hall–Kier alpha value is -3.41. The molecule has 31 heavy (non-hydrogen) atoms. The van der Waals surface area contributed by atoms with E-state index in [-0.39, 0.29) is 11.9 Å². The van der Waals surface area contributed by atoms with Gasteiger partial charge in [-0.2, -0.15) is 5.10 Å². The molecule has 4 rings (SSSR count). The minimum atomic E-state index is -0.670. The summed E-state index contributed by atoms with van der Waals surface area (Å²) in [5.74, 6) is -0.311. The van der Waals surface area contributed by atoms with Crippen molar-refractivity contribution in [2.45, 2.75) is 33.6 Å². The van der Waals surface area contributed by atoms with Crippen molar-refractivity contribution in [1.29, 1.82) is 0 Å². The topological polar surface area (TPSA) is 64.4 Å². The van der Waals surface area contributed by atoms with Crippen LogP contribution in [-0.2, 0) is 16.0 Å². The number of aryl methyl sites for hydroxylation is 2. The quantitative estimate of drug-likeness (QED) is 0.597. The standard InChI is InChI=1S/C25H27N3O3/c1-17-15-20(28-13-11-18(2)26-28)9-10-21(17)23(29)27-14-12-25(3,24(30)31-4)16-19-7-5-6-8-22(19)27/h5-11,13,15H,12,14,16H2,1-4H3. The number of benzene rings is 2.